The molecular formula is C19H21BrN2O2. The standard InChI is InChI=1S/C19H21BrN2O2/c1-13-8-9-16(12-17(13)20)21-19(24)10-11-22(15(3)23)18-7-5-4-6-14(18)2/h4-9,12H,10-11H2,1-3H3,(H,21,24). The van der Waals surface area contributed by atoms with Crippen molar-refractivity contribution < 1.29 is 9.59 Å². The molecule has 24 heavy (non-hydrogen) atoms. The molecule has 2 aromatic carbocycles. The second kappa shape index (κ2) is 8.11. The van der Waals surface area contributed by atoms with E-state index in [1.165, 1.54) is 6.92 Å². The van der Waals surface area contributed by atoms with E-state index in [-0.39, 0.29) is 18.2 Å². The second-order valence-corrected chi connectivity index (χ2v) is 6.57. The van der Waals surface area contributed by atoms with E-state index in [2.05, 4.69) is 21.2 Å². The first-order valence-electron chi connectivity index (χ1n) is 7.78. The van der Waals surface area contributed by atoms with Crippen LogP contribution in [-0.2, 0) is 9.59 Å². The van der Waals surface area contributed by atoms with Gasteiger partial charge in [-0.2, -0.15) is 0 Å². The molecule has 0 radical (unpaired) electrons. The topological polar surface area (TPSA) is 49.4 Å². The number of hydrogen-bond donors (Lipinski definition) is 1. The minimum atomic E-state index is -0.120. The lowest BCUT2D eigenvalue weighted by Gasteiger charge is -2.22. The summed E-state index contributed by atoms with van der Waals surface area (Å²) in [5, 5.41) is 2.86. The van der Waals surface area contributed by atoms with Crippen LogP contribution in [0, 0.1) is 13.8 Å². The van der Waals surface area contributed by atoms with Crippen LogP contribution in [0.4, 0.5) is 11.4 Å². The van der Waals surface area contributed by atoms with Crippen LogP contribution in [0.25, 0.3) is 0 Å². The fraction of sp³-hybridized carbons (Fsp3) is 0.263. The van der Waals surface area contributed by atoms with Crippen LogP contribution in [-0.4, -0.2) is 18.4 Å². The summed E-state index contributed by atoms with van der Waals surface area (Å²) in [6.07, 6.45) is 0.236. The minimum Gasteiger partial charge on any atom is -0.326 e. The van der Waals surface area contributed by atoms with Gasteiger partial charge < -0.3 is 10.2 Å². The maximum atomic E-state index is 12.2. The number of rotatable bonds is 5. The van der Waals surface area contributed by atoms with Crippen LogP contribution in [0.3, 0.4) is 0 Å². The number of carbonyl (C=O) groups is 2. The van der Waals surface area contributed by atoms with Crippen molar-refractivity contribution in [2.75, 3.05) is 16.8 Å². The SMILES string of the molecule is CC(=O)N(CCC(=O)Nc1ccc(C)c(Br)c1)c1ccccc1C. The van der Waals surface area contributed by atoms with Crippen molar-refractivity contribution in [1.82, 2.24) is 0 Å². The van der Waals surface area contributed by atoms with E-state index in [4.69, 9.17) is 0 Å². The van der Waals surface area contributed by atoms with Gasteiger partial charge in [0.15, 0.2) is 0 Å². The van der Waals surface area contributed by atoms with E-state index >= 15 is 0 Å². The van der Waals surface area contributed by atoms with E-state index in [0.29, 0.717) is 6.54 Å². The number of para-hydroxylation sites is 1. The first-order chi connectivity index (χ1) is 11.4. The fourth-order valence-corrected chi connectivity index (χ4v) is 2.80. The van der Waals surface area contributed by atoms with Gasteiger partial charge in [-0.05, 0) is 43.2 Å². The van der Waals surface area contributed by atoms with Crippen LogP contribution in [0.5, 0.6) is 0 Å². The Hall–Kier alpha value is -2.14. The zero-order chi connectivity index (χ0) is 17.7. The fourth-order valence-electron chi connectivity index (χ4n) is 2.42. The Balaban J connectivity index is 2.01. The van der Waals surface area contributed by atoms with Gasteiger partial charge in [0, 0.05) is 35.7 Å². The van der Waals surface area contributed by atoms with Crippen LogP contribution in [0.2, 0.25) is 0 Å². The second-order valence-electron chi connectivity index (χ2n) is 5.72. The maximum absolute atomic E-state index is 12.2. The predicted octanol–water partition coefficient (Wildman–Crippen LogP) is 4.45. The molecule has 2 amide bonds. The zero-order valence-electron chi connectivity index (χ0n) is 14.1. The van der Waals surface area contributed by atoms with Gasteiger partial charge in [-0.1, -0.05) is 40.2 Å². The molecule has 0 unspecified atom stereocenters. The van der Waals surface area contributed by atoms with E-state index in [9.17, 15) is 9.59 Å². The Morgan fingerprint density at radius 2 is 1.79 bits per heavy atom. The molecule has 0 spiro atoms. The number of carbonyl (C=O) groups excluding carboxylic acids is 2. The highest BCUT2D eigenvalue weighted by molar-refractivity contribution is 9.10. The van der Waals surface area contributed by atoms with Crippen molar-refractivity contribution in [2.45, 2.75) is 27.2 Å². The van der Waals surface area contributed by atoms with Crippen molar-refractivity contribution >= 4 is 39.1 Å². The van der Waals surface area contributed by atoms with E-state index in [1.54, 1.807) is 4.90 Å². The van der Waals surface area contributed by atoms with Gasteiger partial charge >= 0.3 is 0 Å². The van der Waals surface area contributed by atoms with Gasteiger partial charge in [-0.3, -0.25) is 9.59 Å². The number of amides is 2. The maximum Gasteiger partial charge on any atom is 0.226 e. The smallest absolute Gasteiger partial charge is 0.226 e. The quantitative estimate of drug-likeness (QED) is 0.822. The van der Waals surface area contributed by atoms with Crippen LogP contribution in [0.15, 0.2) is 46.9 Å². The van der Waals surface area contributed by atoms with E-state index in [0.717, 1.165) is 27.0 Å². The van der Waals surface area contributed by atoms with Gasteiger partial charge in [-0.25, -0.2) is 0 Å². The average molecular weight is 389 g/mol. The highest BCUT2D eigenvalue weighted by atomic mass is 79.9. The summed E-state index contributed by atoms with van der Waals surface area (Å²) < 4.78 is 0.950. The summed E-state index contributed by atoms with van der Waals surface area (Å²) in [6.45, 7) is 5.80. The molecule has 4 nitrogen and oxygen atoms in total. The average Bonchev–Trinajstić information content (AvgIpc) is 2.52. The molecule has 0 atom stereocenters. The van der Waals surface area contributed by atoms with Crippen LogP contribution >= 0.6 is 15.9 Å². The molecule has 5 heteroatoms. The molecule has 0 aromatic heterocycles. The number of hydrogen-bond acceptors (Lipinski definition) is 2. The third kappa shape index (κ3) is 4.68. The molecule has 2 aromatic rings. The van der Waals surface area contributed by atoms with Gasteiger partial charge in [-0.15, -0.1) is 0 Å². The molecule has 0 aliphatic heterocycles. The molecule has 1 N–H and O–H groups in total. The minimum absolute atomic E-state index is 0.0739. The van der Waals surface area contributed by atoms with Gasteiger partial charge in [0.05, 0.1) is 0 Å². The Labute approximate surface area is 151 Å². The molecule has 0 saturated heterocycles. The summed E-state index contributed by atoms with van der Waals surface area (Å²) in [5.74, 6) is -0.194. The summed E-state index contributed by atoms with van der Waals surface area (Å²) in [4.78, 5) is 25.8. The van der Waals surface area contributed by atoms with Crippen molar-refractivity contribution in [3.63, 3.8) is 0 Å². The normalized spacial score (nSPS) is 10.3. The summed E-state index contributed by atoms with van der Waals surface area (Å²) in [5.41, 5.74) is 3.70. The summed E-state index contributed by atoms with van der Waals surface area (Å²) in [7, 11) is 0. The molecule has 0 saturated carbocycles. The van der Waals surface area contributed by atoms with Crippen molar-refractivity contribution in [1.29, 1.82) is 0 Å². The Morgan fingerprint density at radius 3 is 2.42 bits per heavy atom. The number of benzene rings is 2. The van der Waals surface area contributed by atoms with Crippen molar-refractivity contribution in [2.24, 2.45) is 0 Å². The number of aryl methyl sites for hydroxylation is 2. The first-order valence-corrected chi connectivity index (χ1v) is 8.57. The summed E-state index contributed by atoms with van der Waals surface area (Å²) >= 11 is 3.45. The number of nitrogens with zero attached hydrogens (tertiary/aromatic N) is 1. The molecule has 0 bridgehead atoms. The lowest BCUT2D eigenvalue weighted by molar-refractivity contribution is -0.117. The monoisotopic (exact) mass is 388 g/mol. The third-order valence-corrected chi connectivity index (χ3v) is 4.66. The highest BCUT2D eigenvalue weighted by Crippen LogP contribution is 2.22. The molecule has 2 rings (SSSR count). The van der Waals surface area contributed by atoms with Gasteiger partial charge in [0.1, 0.15) is 0 Å². The van der Waals surface area contributed by atoms with Crippen LogP contribution in [0.1, 0.15) is 24.5 Å². The van der Waals surface area contributed by atoms with Crippen LogP contribution < -0.4 is 10.2 Å². The Morgan fingerprint density at radius 1 is 1.08 bits per heavy atom. The Kier molecular flexibility index (Phi) is 6.15. The molecular weight excluding hydrogens is 368 g/mol. The molecule has 0 aliphatic rings. The van der Waals surface area contributed by atoms with E-state index < -0.39 is 0 Å². The largest absolute Gasteiger partial charge is 0.326 e. The molecule has 0 fully saturated rings. The third-order valence-electron chi connectivity index (χ3n) is 3.80. The zero-order valence-corrected chi connectivity index (χ0v) is 15.7. The lowest BCUT2D eigenvalue weighted by Crippen LogP contribution is -2.32. The number of halogens is 1. The molecule has 0 heterocycles. The predicted molar refractivity (Wildman–Crippen MR) is 101 cm³/mol. The molecule has 126 valence electrons. The Bertz CT molecular complexity index is 759. The van der Waals surface area contributed by atoms with Gasteiger partial charge in [0.25, 0.3) is 0 Å². The molecule has 0 aliphatic carbocycles. The lowest BCUT2D eigenvalue weighted by atomic mass is 10.1. The number of anilines is 2. The van der Waals surface area contributed by atoms with Crippen molar-refractivity contribution in [3.8, 4) is 0 Å². The first kappa shape index (κ1) is 18.2. The van der Waals surface area contributed by atoms with Gasteiger partial charge in [0.2, 0.25) is 11.8 Å². The number of nitrogens with one attached hydrogen (secondary N) is 1. The van der Waals surface area contributed by atoms with Crippen molar-refractivity contribution in [3.05, 3.63) is 58.1 Å². The highest BCUT2D eigenvalue weighted by Gasteiger charge is 2.15. The van der Waals surface area contributed by atoms with E-state index in [1.807, 2.05) is 56.3 Å². The summed E-state index contributed by atoms with van der Waals surface area (Å²) in [6, 6.07) is 13.3.